The molecule has 1 N–H and O–H groups in total. The number of aromatic nitrogens is 2. The molecule has 0 aliphatic carbocycles. The molecule has 2 rings (SSSR count). The molecule has 96 valence electrons. The SMILES string of the molecule is CSCCC(C)n1cncc1C1CNCCO1. The van der Waals surface area contributed by atoms with Crippen molar-refractivity contribution in [3.05, 3.63) is 18.2 Å². The number of ether oxygens (including phenoxy) is 1. The van der Waals surface area contributed by atoms with Crippen molar-refractivity contribution >= 4 is 11.8 Å². The Balaban J connectivity index is 2.04. The Labute approximate surface area is 107 Å². The third kappa shape index (κ3) is 3.24. The molecule has 2 unspecified atom stereocenters. The molecule has 1 fully saturated rings. The van der Waals surface area contributed by atoms with Gasteiger partial charge in [0.05, 0.1) is 24.8 Å². The van der Waals surface area contributed by atoms with Crippen LogP contribution in [0.1, 0.15) is 31.2 Å². The lowest BCUT2D eigenvalue weighted by Gasteiger charge is -2.26. The number of nitrogens with one attached hydrogen (secondary N) is 1. The molecule has 1 aromatic rings. The average molecular weight is 255 g/mol. The second-order valence-electron chi connectivity index (χ2n) is 4.42. The topological polar surface area (TPSA) is 39.1 Å². The van der Waals surface area contributed by atoms with Crippen LogP contribution in [0.2, 0.25) is 0 Å². The number of rotatable bonds is 5. The highest BCUT2D eigenvalue weighted by Crippen LogP contribution is 2.23. The molecule has 0 aromatic carbocycles. The van der Waals surface area contributed by atoms with Crippen LogP contribution >= 0.6 is 11.8 Å². The minimum atomic E-state index is 0.156. The zero-order valence-corrected chi connectivity index (χ0v) is 11.4. The fourth-order valence-electron chi connectivity index (χ4n) is 2.12. The van der Waals surface area contributed by atoms with Crippen molar-refractivity contribution in [2.75, 3.05) is 31.7 Å². The van der Waals surface area contributed by atoms with Gasteiger partial charge < -0.3 is 14.6 Å². The number of morpholine rings is 1. The van der Waals surface area contributed by atoms with Crippen molar-refractivity contribution in [3.8, 4) is 0 Å². The molecule has 0 radical (unpaired) electrons. The summed E-state index contributed by atoms with van der Waals surface area (Å²) >= 11 is 1.89. The van der Waals surface area contributed by atoms with Crippen LogP contribution in [0.15, 0.2) is 12.5 Å². The normalized spacial score (nSPS) is 22.6. The van der Waals surface area contributed by atoms with Gasteiger partial charge in [-0.25, -0.2) is 4.98 Å². The predicted octanol–water partition coefficient (Wildman–Crippen LogP) is 1.86. The summed E-state index contributed by atoms with van der Waals surface area (Å²) in [5.74, 6) is 1.18. The molecule has 4 nitrogen and oxygen atoms in total. The van der Waals surface area contributed by atoms with Crippen LogP contribution in [0, 0.1) is 0 Å². The summed E-state index contributed by atoms with van der Waals surface area (Å²) in [6.45, 7) is 4.88. The summed E-state index contributed by atoms with van der Waals surface area (Å²) in [7, 11) is 0. The molecule has 0 saturated carbocycles. The van der Waals surface area contributed by atoms with Crippen LogP contribution in [0.3, 0.4) is 0 Å². The molecule has 0 amide bonds. The fraction of sp³-hybridized carbons (Fsp3) is 0.750. The van der Waals surface area contributed by atoms with E-state index in [0.29, 0.717) is 6.04 Å². The number of thioether (sulfide) groups is 1. The first-order valence-electron chi connectivity index (χ1n) is 6.16. The maximum atomic E-state index is 5.79. The van der Waals surface area contributed by atoms with Crippen molar-refractivity contribution in [1.82, 2.24) is 14.9 Å². The summed E-state index contributed by atoms with van der Waals surface area (Å²) in [6, 6.07) is 0.491. The summed E-state index contributed by atoms with van der Waals surface area (Å²) < 4.78 is 8.05. The lowest BCUT2D eigenvalue weighted by atomic mass is 10.2. The van der Waals surface area contributed by atoms with Crippen LogP contribution in [0.25, 0.3) is 0 Å². The Morgan fingerprint density at radius 1 is 1.71 bits per heavy atom. The molecule has 1 aliphatic heterocycles. The Morgan fingerprint density at radius 2 is 2.59 bits per heavy atom. The van der Waals surface area contributed by atoms with Gasteiger partial charge in [-0.3, -0.25) is 0 Å². The van der Waals surface area contributed by atoms with Crippen molar-refractivity contribution in [1.29, 1.82) is 0 Å². The van der Waals surface area contributed by atoms with Gasteiger partial charge in [0, 0.05) is 19.1 Å². The van der Waals surface area contributed by atoms with Gasteiger partial charge in [0.25, 0.3) is 0 Å². The Bertz CT molecular complexity index is 336. The van der Waals surface area contributed by atoms with Gasteiger partial charge in [0.15, 0.2) is 0 Å². The van der Waals surface area contributed by atoms with E-state index in [1.165, 1.54) is 17.9 Å². The first-order valence-corrected chi connectivity index (χ1v) is 7.55. The highest BCUT2D eigenvalue weighted by Gasteiger charge is 2.21. The Hall–Kier alpha value is -0.520. The lowest BCUT2D eigenvalue weighted by molar-refractivity contribution is 0.0220. The molecular formula is C12H21N3OS. The Morgan fingerprint density at radius 3 is 3.29 bits per heavy atom. The minimum Gasteiger partial charge on any atom is -0.369 e. The van der Waals surface area contributed by atoms with E-state index in [0.717, 1.165) is 19.7 Å². The van der Waals surface area contributed by atoms with Gasteiger partial charge in [-0.15, -0.1) is 0 Å². The van der Waals surface area contributed by atoms with Crippen molar-refractivity contribution in [3.63, 3.8) is 0 Å². The molecule has 1 aromatic heterocycles. The summed E-state index contributed by atoms with van der Waals surface area (Å²) in [5.41, 5.74) is 1.20. The quantitative estimate of drug-likeness (QED) is 0.871. The maximum Gasteiger partial charge on any atom is 0.111 e. The minimum absolute atomic E-state index is 0.156. The maximum absolute atomic E-state index is 5.79. The van der Waals surface area contributed by atoms with Crippen LogP contribution in [0.4, 0.5) is 0 Å². The van der Waals surface area contributed by atoms with E-state index in [1.807, 2.05) is 24.3 Å². The number of hydrogen-bond acceptors (Lipinski definition) is 4. The van der Waals surface area contributed by atoms with Crippen LogP contribution in [-0.4, -0.2) is 41.3 Å². The van der Waals surface area contributed by atoms with Gasteiger partial charge in [-0.05, 0) is 25.4 Å². The van der Waals surface area contributed by atoms with Gasteiger partial charge >= 0.3 is 0 Å². The standard InChI is InChI=1S/C12H21N3OS/c1-10(3-6-17-2)15-9-14-7-11(15)12-8-13-4-5-16-12/h7,9-10,12-13H,3-6,8H2,1-2H3. The number of nitrogens with zero attached hydrogens (tertiary/aromatic N) is 2. The number of imidazole rings is 1. The van der Waals surface area contributed by atoms with Crippen molar-refractivity contribution in [2.24, 2.45) is 0 Å². The van der Waals surface area contributed by atoms with Gasteiger partial charge in [0.2, 0.25) is 0 Å². The second kappa shape index (κ2) is 6.42. The second-order valence-corrected chi connectivity index (χ2v) is 5.41. The highest BCUT2D eigenvalue weighted by atomic mass is 32.2. The van der Waals surface area contributed by atoms with E-state index in [1.54, 1.807) is 0 Å². The number of hydrogen-bond donors (Lipinski definition) is 1. The van der Waals surface area contributed by atoms with E-state index in [2.05, 4.69) is 28.0 Å². The lowest BCUT2D eigenvalue weighted by Crippen LogP contribution is -2.34. The van der Waals surface area contributed by atoms with E-state index >= 15 is 0 Å². The van der Waals surface area contributed by atoms with Crippen molar-refractivity contribution < 1.29 is 4.74 Å². The molecular weight excluding hydrogens is 234 g/mol. The Kier molecular flexibility index (Phi) is 4.88. The molecule has 2 heterocycles. The molecule has 1 aliphatic rings. The fourth-order valence-corrected chi connectivity index (χ4v) is 2.69. The molecule has 17 heavy (non-hydrogen) atoms. The van der Waals surface area contributed by atoms with Crippen LogP contribution in [0.5, 0.6) is 0 Å². The largest absolute Gasteiger partial charge is 0.369 e. The predicted molar refractivity (Wildman–Crippen MR) is 71.5 cm³/mol. The monoisotopic (exact) mass is 255 g/mol. The highest BCUT2D eigenvalue weighted by molar-refractivity contribution is 7.98. The summed E-state index contributed by atoms with van der Waals surface area (Å²) in [6.07, 6.45) is 7.34. The van der Waals surface area contributed by atoms with E-state index in [4.69, 9.17) is 4.74 Å². The van der Waals surface area contributed by atoms with Crippen LogP contribution in [-0.2, 0) is 4.74 Å². The van der Waals surface area contributed by atoms with E-state index in [9.17, 15) is 0 Å². The zero-order valence-electron chi connectivity index (χ0n) is 10.6. The van der Waals surface area contributed by atoms with Gasteiger partial charge in [0.1, 0.15) is 6.10 Å². The summed E-state index contributed by atoms with van der Waals surface area (Å²) in [4.78, 5) is 4.27. The van der Waals surface area contributed by atoms with Crippen molar-refractivity contribution in [2.45, 2.75) is 25.5 Å². The smallest absolute Gasteiger partial charge is 0.111 e. The molecule has 0 bridgehead atoms. The zero-order chi connectivity index (χ0) is 12.1. The summed E-state index contributed by atoms with van der Waals surface area (Å²) in [5, 5.41) is 3.36. The molecule has 0 spiro atoms. The first kappa shape index (κ1) is 12.9. The third-order valence-electron chi connectivity index (χ3n) is 3.17. The van der Waals surface area contributed by atoms with Crippen LogP contribution < -0.4 is 5.32 Å². The van der Waals surface area contributed by atoms with Gasteiger partial charge in [-0.2, -0.15) is 11.8 Å². The van der Waals surface area contributed by atoms with E-state index in [-0.39, 0.29) is 6.10 Å². The third-order valence-corrected chi connectivity index (χ3v) is 3.81. The first-order chi connectivity index (χ1) is 8.33. The van der Waals surface area contributed by atoms with Gasteiger partial charge in [-0.1, -0.05) is 0 Å². The molecule has 2 atom stereocenters. The van der Waals surface area contributed by atoms with E-state index < -0.39 is 0 Å². The molecule has 5 heteroatoms. The molecule has 1 saturated heterocycles. The average Bonchev–Trinajstić information content (AvgIpc) is 2.86.